The van der Waals surface area contributed by atoms with Crippen LogP contribution in [0, 0.1) is 11.3 Å². The third-order valence-corrected chi connectivity index (χ3v) is 4.02. The van der Waals surface area contributed by atoms with E-state index < -0.39 is 0 Å². The van der Waals surface area contributed by atoms with E-state index in [4.69, 9.17) is 0 Å². The molecule has 0 amide bonds. The SMILES string of the molecule is CC(C)C(CN(C)C)NC1CCCC(C)(C)C1. The van der Waals surface area contributed by atoms with E-state index in [0.717, 1.165) is 12.6 Å². The Morgan fingerprint density at radius 3 is 2.41 bits per heavy atom. The molecule has 0 spiro atoms. The number of hydrogen-bond donors (Lipinski definition) is 1. The molecule has 0 radical (unpaired) electrons. The first-order valence-corrected chi connectivity index (χ1v) is 7.21. The van der Waals surface area contributed by atoms with Gasteiger partial charge in [0.2, 0.25) is 0 Å². The van der Waals surface area contributed by atoms with Crippen molar-refractivity contribution >= 4 is 0 Å². The molecule has 1 saturated carbocycles. The van der Waals surface area contributed by atoms with Crippen molar-refractivity contribution in [3.05, 3.63) is 0 Å². The van der Waals surface area contributed by atoms with Crippen LogP contribution in [0.2, 0.25) is 0 Å². The van der Waals surface area contributed by atoms with Gasteiger partial charge in [-0.05, 0) is 44.7 Å². The molecule has 0 aromatic rings. The summed E-state index contributed by atoms with van der Waals surface area (Å²) in [5.41, 5.74) is 0.537. The highest BCUT2D eigenvalue weighted by molar-refractivity contribution is 4.86. The maximum absolute atomic E-state index is 3.90. The van der Waals surface area contributed by atoms with E-state index in [-0.39, 0.29) is 0 Å². The summed E-state index contributed by atoms with van der Waals surface area (Å²) in [5, 5.41) is 3.90. The maximum Gasteiger partial charge on any atom is 0.0220 e. The van der Waals surface area contributed by atoms with E-state index in [1.54, 1.807) is 0 Å². The molecule has 2 unspecified atom stereocenters. The monoisotopic (exact) mass is 240 g/mol. The van der Waals surface area contributed by atoms with Gasteiger partial charge in [0.15, 0.2) is 0 Å². The predicted octanol–water partition coefficient (Wildman–Crippen LogP) is 3.13. The molecule has 1 aliphatic rings. The Hall–Kier alpha value is -0.0800. The van der Waals surface area contributed by atoms with Gasteiger partial charge in [0.1, 0.15) is 0 Å². The number of rotatable bonds is 5. The Kier molecular flexibility index (Phi) is 5.46. The fraction of sp³-hybridized carbons (Fsp3) is 1.00. The second-order valence-electron chi connectivity index (χ2n) is 7.24. The molecule has 1 rings (SSSR count). The topological polar surface area (TPSA) is 15.3 Å². The molecule has 0 heterocycles. The summed E-state index contributed by atoms with van der Waals surface area (Å²) < 4.78 is 0. The summed E-state index contributed by atoms with van der Waals surface area (Å²) in [6.07, 6.45) is 5.48. The lowest BCUT2D eigenvalue weighted by Gasteiger charge is -2.39. The van der Waals surface area contributed by atoms with Crippen molar-refractivity contribution in [2.75, 3.05) is 20.6 Å². The largest absolute Gasteiger partial charge is 0.310 e. The second kappa shape index (κ2) is 6.19. The first kappa shape index (κ1) is 15.0. The van der Waals surface area contributed by atoms with Gasteiger partial charge in [0.05, 0.1) is 0 Å². The van der Waals surface area contributed by atoms with Crippen LogP contribution in [0.1, 0.15) is 53.4 Å². The molecule has 1 N–H and O–H groups in total. The molecule has 0 aromatic carbocycles. The van der Waals surface area contributed by atoms with Gasteiger partial charge < -0.3 is 10.2 Å². The standard InChI is InChI=1S/C15H32N2/c1-12(2)14(11-17(5)6)16-13-8-7-9-15(3,4)10-13/h12-14,16H,7-11H2,1-6H3. The van der Waals surface area contributed by atoms with Gasteiger partial charge in [-0.1, -0.05) is 34.1 Å². The van der Waals surface area contributed by atoms with Crippen molar-refractivity contribution in [1.29, 1.82) is 0 Å². The van der Waals surface area contributed by atoms with Crippen molar-refractivity contribution in [1.82, 2.24) is 10.2 Å². The minimum absolute atomic E-state index is 0.537. The molecule has 2 heteroatoms. The maximum atomic E-state index is 3.90. The fourth-order valence-corrected chi connectivity index (χ4v) is 2.99. The van der Waals surface area contributed by atoms with Crippen molar-refractivity contribution in [2.24, 2.45) is 11.3 Å². The number of hydrogen-bond acceptors (Lipinski definition) is 2. The van der Waals surface area contributed by atoms with Crippen LogP contribution in [0.5, 0.6) is 0 Å². The Morgan fingerprint density at radius 2 is 1.94 bits per heavy atom. The average Bonchev–Trinajstić information content (AvgIpc) is 2.14. The van der Waals surface area contributed by atoms with Crippen LogP contribution in [-0.2, 0) is 0 Å². The zero-order chi connectivity index (χ0) is 13.1. The van der Waals surface area contributed by atoms with Gasteiger partial charge in [-0.2, -0.15) is 0 Å². The Morgan fingerprint density at radius 1 is 1.29 bits per heavy atom. The normalized spacial score (nSPS) is 26.5. The van der Waals surface area contributed by atoms with Crippen LogP contribution < -0.4 is 5.32 Å². The molecule has 0 aromatic heterocycles. The van der Waals surface area contributed by atoms with Crippen LogP contribution in [0.15, 0.2) is 0 Å². The highest BCUT2D eigenvalue weighted by Gasteiger charge is 2.29. The molecular weight excluding hydrogens is 208 g/mol. The van der Waals surface area contributed by atoms with Gasteiger partial charge in [0, 0.05) is 18.6 Å². The number of likely N-dealkylation sites (N-methyl/N-ethyl adjacent to an activating group) is 1. The third kappa shape index (κ3) is 5.39. The molecule has 17 heavy (non-hydrogen) atoms. The minimum Gasteiger partial charge on any atom is -0.310 e. The van der Waals surface area contributed by atoms with E-state index in [1.807, 2.05) is 0 Å². The lowest BCUT2D eigenvalue weighted by Crippen LogP contribution is -2.49. The quantitative estimate of drug-likeness (QED) is 0.794. The van der Waals surface area contributed by atoms with E-state index in [0.29, 0.717) is 17.4 Å². The van der Waals surface area contributed by atoms with Crippen molar-refractivity contribution in [3.63, 3.8) is 0 Å². The van der Waals surface area contributed by atoms with Crippen molar-refractivity contribution < 1.29 is 0 Å². The van der Waals surface area contributed by atoms with Crippen LogP contribution in [-0.4, -0.2) is 37.6 Å². The van der Waals surface area contributed by atoms with Gasteiger partial charge in [-0.15, -0.1) is 0 Å². The highest BCUT2D eigenvalue weighted by Crippen LogP contribution is 2.35. The van der Waals surface area contributed by atoms with Crippen molar-refractivity contribution in [3.8, 4) is 0 Å². The first-order chi connectivity index (χ1) is 7.80. The molecule has 0 bridgehead atoms. The van der Waals surface area contributed by atoms with Gasteiger partial charge >= 0.3 is 0 Å². The summed E-state index contributed by atoms with van der Waals surface area (Å²) in [7, 11) is 4.34. The molecule has 1 aliphatic carbocycles. The smallest absolute Gasteiger partial charge is 0.0220 e. The van der Waals surface area contributed by atoms with E-state index in [2.05, 4.69) is 52.0 Å². The van der Waals surface area contributed by atoms with Crippen LogP contribution in [0.4, 0.5) is 0 Å². The highest BCUT2D eigenvalue weighted by atomic mass is 15.1. The summed E-state index contributed by atoms with van der Waals surface area (Å²) in [5.74, 6) is 0.711. The lowest BCUT2D eigenvalue weighted by molar-refractivity contribution is 0.170. The molecule has 0 aliphatic heterocycles. The van der Waals surface area contributed by atoms with E-state index in [9.17, 15) is 0 Å². The molecular formula is C15H32N2. The zero-order valence-electron chi connectivity index (χ0n) is 12.7. The molecule has 2 atom stereocenters. The van der Waals surface area contributed by atoms with Crippen LogP contribution in [0.25, 0.3) is 0 Å². The summed E-state index contributed by atoms with van der Waals surface area (Å²) in [4.78, 5) is 2.30. The van der Waals surface area contributed by atoms with E-state index >= 15 is 0 Å². The lowest BCUT2D eigenvalue weighted by atomic mass is 9.75. The second-order valence-corrected chi connectivity index (χ2v) is 7.24. The Labute approximate surface area is 108 Å². The zero-order valence-corrected chi connectivity index (χ0v) is 12.7. The summed E-state index contributed by atoms with van der Waals surface area (Å²) in [6.45, 7) is 10.6. The first-order valence-electron chi connectivity index (χ1n) is 7.21. The fourth-order valence-electron chi connectivity index (χ4n) is 2.99. The summed E-state index contributed by atoms with van der Waals surface area (Å²) >= 11 is 0. The number of nitrogens with zero attached hydrogens (tertiary/aromatic N) is 1. The van der Waals surface area contributed by atoms with Crippen LogP contribution in [0.3, 0.4) is 0 Å². The van der Waals surface area contributed by atoms with Gasteiger partial charge in [-0.3, -0.25) is 0 Å². The van der Waals surface area contributed by atoms with E-state index in [1.165, 1.54) is 25.7 Å². The molecule has 102 valence electrons. The Balaban J connectivity index is 2.49. The van der Waals surface area contributed by atoms with Crippen molar-refractivity contribution in [2.45, 2.75) is 65.5 Å². The van der Waals surface area contributed by atoms with Crippen LogP contribution >= 0.6 is 0 Å². The number of nitrogens with one attached hydrogen (secondary N) is 1. The van der Waals surface area contributed by atoms with Gasteiger partial charge in [-0.25, -0.2) is 0 Å². The average molecular weight is 240 g/mol. The predicted molar refractivity (Wildman–Crippen MR) is 76.4 cm³/mol. The minimum atomic E-state index is 0.537. The molecule has 0 saturated heterocycles. The molecule has 1 fully saturated rings. The van der Waals surface area contributed by atoms with Gasteiger partial charge in [0.25, 0.3) is 0 Å². The molecule has 2 nitrogen and oxygen atoms in total. The third-order valence-electron chi connectivity index (χ3n) is 4.02. The Bertz CT molecular complexity index is 221. The summed E-state index contributed by atoms with van der Waals surface area (Å²) in [6, 6.07) is 1.36.